The van der Waals surface area contributed by atoms with Crippen LogP contribution in [0.3, 0.4) is 0 Å². The Morgan fingerprint density at radius 3 is 2.29 bits per heavy atom. The number of nitrogens with one attached hydrogen (secondary N) is 1. The summed E-state index contributed by atoms with van der Waals surface area (Å²) in [5, 5.41) is 5.17. The van der Waals surface area contributed by atoms with Crippen LogP contribution in [0.4, 0.5) is 0 Å². The van der Waals surface area contributed by atoms with Crippen molar-refractivity contribution in [3.8, 4) is 0 Å². The summed E-state index contributed by atoms with van der Waals surface area (Å²) in [7, 11) is -3.11. The molecule has 0 amide bonds. The van der Waals surface area contributed by atoms with Gasteiger partial charge in [-0.15, -0.1) is 0 Å². The molecule has 4 heteroatoms. The molecule has 0 aliphatic carbocycles. The Bertz CT molecular complexity index is 738. The fourth-order valence-corrected chi connectivity index (χ4v) is 3.48. The Kier molecular flexibility index (Phi) is 4.69. The van der Waals surface area contributed by atoms with Crippen molar-refractivity contribution in [2.45, 2.75) is 32.1 Å². The molecule has 1 N–H and O–H groups in total. The fraction of sp³-hybridized carbons (Fsp3) is 0.412. The molecule has 0 radical (unpaired) electrons. The van der Waals surface area contributed by atoms with Gasteiger partial charge in [-0.05, 0) is 42.3 Å². The van der Waals surface area contributed by atoms with Gasteiger partial charge in [0.25, 0.3) is 0 Å². The van der Waals surface area contributed by atoms with Crippen molar-refractivity contribution in [2.24, 2.45) is 0 Å². The molecule has 0 aromatic heterocycles. The number of benzene rings is 2. The highest BCUT2D eigenvalue weighted by molar-refractivity contribution is 7.91. The minimum Gasteiger partial charge on any atom is -0.309 e. The number of hydrogen-bond donors (Lipinski definition) is 1. The summed E-state index contributed by atoms with van der Waals surface area (Å²) in [4.78, 5) is 0. The summed E-state index contributed by atoms with van der Waals surface area (Å²) in [5.74, 6) is 0. The molecule has 2 aromatic carbocycles. The third-order valence-electron chi connectivity index (χ3n) is 4.08. The number of aryl methyl sites for hydroxylation is 1. The molecule has 0 fully saturated rings. The van der Waals surface area contributed by atoms with Crippen LogP contribution >= 0.6 is 0 Å². The van der Waals surface area contributed by atoms with Crippen molar-refractivity contribution in [1.29, 1.82) is 0 Å². The molecule has 2 unspecified atom stereocenters. The molecule has 0 bridgehead atoms. The topological polar surface area (TPSA) is 46.2 Å². The first kappa shape index (κ1) is 16.0. The zero-order chi connectivity index (χ0) is 15.6. The van der Waals surface area contributed by atoms with E-state index in [2.05, 4.69) is 30.4 Å². The smallest absolute Gasteiger partial charge is 0.151 e. The maximum Gasteiger partial charge on any atom is 0.151 e. The lowest BCUT2D eigenvalue weighted by molar-refractivity contribution is 0.515. The Morgan fingerprint density at radius 2 is 1.71 bits per heavy atom. The molecule has 2 rings (SSSR count). The second kappa shape index (κ2) is 6.16. The summed E-state index contributed by atoms with van der Waals surface area (Å²) in [6.07, 6.45) is 1.30. The molecule has 0 aliphatic rings. The van der Waals surface area contributed by atoms with Crippen molar-refractivity contribution >= 4 is 20.6 Å². The van der Waals surface area contributed by atoms with Gasteiger partial charge < -0.3 is 5.32 Å². The molecule has 0 heterocycles. The molecule has 0 saturated carbocycles. The van der Waals surface area contributed by atoms with Crippen LogP contribution in [0.25, 0.3) is 10.8 Å². The van der Waals surface area contributed by atoms with E-state index in [0.717, 1.165) is 17.5 Å². The molecule has 3 nitrogen and oxygen atoms in total. The first-order valence-electron chi connectivity index (χ1n) is 7.26. The summed E-state index contributed by atoms with van der Waals surface area (Å²) >= 11 is 0. The Hall–Kier alpha value is -1.39. The van der Waals surface area contributed by atoms with Gasteiger partial charge in [0.05, 0.1) is 5.25 Å². The second-order valence-corrected chi connectivity index (χ2v) is 7.99. The van der Waals surface area contributed by atoms with Crippen LogP contribution in [0.2, 0.25) is 0 Å². The molecule has 0 aliphatic heterocycles. The molecule has 0 saturated heterocycles. The standard InChI is InChI=1S/C17H23NO2S/c1-5-18-17(13(3)21(4,19)20)16-11-10-12(2)14-8-6-7-9-15(14)16/h6-11,13,17-18H,5H2,1-4H3. The van der Waals surface area contributed by atoms with E-state index in [1.54, 1.807) is 6.92 Å². The van der Waals surface area contributed by atoms with Crippen LogP contribution in [0.15, 0.2) is 36.4 Å². The highest BCUT2D eigenvalue weighted by Gasteiger charge is 2.27. The van der Waals surface area contributed by atoms with Crippen LogP contribution in [-0.4, -0.2) is 26.5 Å². The molecule has 0 spiro atoms. The van der Waals surface area contributed by atoms with Crippen LogP contribution < -0.4 is 5.32 Å². The SMILES string of the molecule is CCNC(c1ccc(C)c2ccccc12)C(C)S(C)(=O)=O. The van der Waals surface area contributed by atoms with Crippen molar-refractivity contribution in [3.63, 3.8) is 0 Å². The molecule has 2 atom stereocenters. The van der Waals surface area contributed by atoms with Crippen LogP contribution in [0.5, 0.6) is 0 Å². The number of sulfone groups is 1. The lowest BCUT2D eigenvalue weighted by Crippen LogP contribution is -2.35. The second-order valence-electron chi connectivity index (χ2n) is 5.59. The van der Waals surface area contributed by atoms with E-state index in [1.807, 2.05) is 25.1 Å². The zero-order valence-corrected chi connectivity index (χ0v) is 13.9. The minimum atomic E-state index is -3.11. The van der Waals surface area contributed by atoms with Crippen LogP contribution in [0, 0.1) is 6.92 Å². The van der Waals surface area contributed by atoms with Gasteiger partial charge >= 0.3 is 0 Å². The van der Waals surface area contributed by atoms with E-state index < -0.39 is 15.1 Å². The van der Waals surface area contributed by atoms with Gasteiger partial charge in [-0.2, -0.15) is 0 Å². The first-order valence-corrected chi connectivity index (χ1v) is 9.22. The van der Waals surface area contributed by atoms with Gasteiger partial charge in [0, 0.05) is 12.3 Å². The van der Waals surface area contributed by atoms with E-state index in [1.165, 1.54) is 17.2 Å². The summed E-state index contributed by atoms with van der Waals surface area (Å²) in [6.45, 7) is 6.58. The summed E-state index contributed by atoms with van der Waals surface area (Å²) in [5.41, 5.74) is 2.26. The minimum absolute atomic E-state index is 0.199. The summed E-state index contributed by atoms with van der Waals surface area (Å²) in [6, 6.07) is 12.1. The Labute approximate surface area is 127 Å². The van der Waals surface area contributed by atoms with Crippen molar-refractivity contribution < 1.29 is 8.42 Å². The lowest BCUT2D eigenvalue weighted by atomic mass is 9.94. The van der Waals surface area contributed by atoms with Crippen LogP contribution in [0.1, 0.15) is 31.0 Å². The average molecular weight is 305 g/mol. The quantitative estimate of drug-likeness (QED) is 0.922. The Morgan fingerprint density at radius 1 is 1.10 bits per heavy atom. The number of fused-ring (bicyclic) bond motifs is 1. The van der Waals surface area contributed by atoms with Gasteiger partial charge in [-0.1, -0.05) is 43.3 Å². The van der Waals surface area contributed by atoms with Gasteiger partial charge in [0.15, 0.2) is 9.84 Å². The maximum absolute atomic E-state index is 12.0. The van der Waals surface area contributed by atoms with Gasteiger partial charge in [0.2, 0.25) is 0 Å². The largest absolute Gasteiger partial charge is 0.309 e. The van der Waals surface area contributed by atoms with Crippen molar-refractivity contribution in [1.82, 2.24) is 5.32 Å². The van der Waals surface area contributed by atoms with Crippen LogP contribution in [-0.2, 0) is 9.84 Å². The normalized spacial score (nSPS) is 15.0. The van der Waals surface area contributed by atoms with E-state index in [-0.39, 0.29) is 6.04 Å². The van der Waals surface area contributed by atoms with Crippen molar-refractivity contribution in [3.05, 3.63) is 47.5 Å². The summed E-state index contributed by atoms with van der Waals surface area (Å²) < 4.78 is 24.0. The third kappa shape index (κ3) is 3.27. The van der Waals surface area contributed by atoms with Gasteiger partial charge in [-0.3, -0.25) is 0 Å². The van der Waals surface area contributed by atoms with Gasteiger partial charge in [-0.25, -0.2) is 8.42 Å². The highest BCUT2D eigenvalue weighted by Crippen LogP contribution is 2.30. The fourth-order valence-electron chi connectivity index (χ4n) is 2.74. The van der Waals surface area contributed by atoms with E-state index in [4.69, 9.17) is 0 Å². The monoisotopic (exact) mass is 305 g/mol. The molecule has 21 heavy (non-hydrogen) atoms. The number of hydrogen-bond acceptors (Lipinski definition) is 3. The highest BCUT2D eigenvalue weighted by atomic mass is 32.2. The van der Waals surface area contributed by atoms with E-state index in [0.29, 0.717) is 0 Å². The number of rotatable bonds is 5. The average Bonchev–Trinajstić information content (AvgIpc) is 2.44. The molecular formula is C17H23NO2S. The van der Waals surface area contributed by atoms with Gasteiger partial charge in [0.1, 0.15) is 0 Å². The first-order chi connectivity index (χ1) is 9.86. The molecule has 2 aromatic rings. The predicted molar refractivity (Wildman–Crippen MR) is 89.4 cm³/mol. The van der Waals surface area contributed by atoms with Crippen molar-refractivity contribution in [2.75, 3.05) is 12.8 Å². The predicted octanol–water partition coefficient (Wildman–Crippen LogP) is 3.23. The van der Waals surface area contributed by atoms with E-state index in [9.17, 15) is 8.42 Å². The zero-order valence-electron chi connectivity index (χ0n) is 13.1. The third-order valence-corrected chi connectivity index (χ3v) is 5.70. The Balaban J connectivity index is 2.64. The molecule has 114 valence electrons. The molecular weight excluding hydrogens is 282 g/mol. The lowest BCUT2D eigenvalue weighted by Gasteiger charge is -2.25. The van der Waals surface area contributed by atoms with E-state index >= 15 is 0 Å². The maximum atomic E-state index is 12.0.